The van der Waals surface area contributed by atoms with Crippen LogP contribution in [0.5, 0.6) is 0 Å². The molecule has 2 rings (SSSR count). The van der Waals surface area contributed by atoms with Crippen molar-refractivity contribution in [1.29, 1.82) is 0 Å². The topological polar surface area (TPSA) is 21.3 Å². The molecule has 102 valence electrons. The Morgan fingerprint density at radius 1 is 1.33 bits per heavy atom. The molecule has 0 radical (unpaired) electrons. The van der Waals surface area contributed by atoms with Crippen LogP contribution in [0.2, 0.25) is 0 Å². The van der Waals surface area contributed by atoms with Crippen molar-refractivity contribution >= 4 is 23.2 Å². The average molecular weight is 290 g/mol. The first kappa shape index (κ1) is 14.2. The van der Waals surface area contributed by atoms with E-state index < -0.39 is 0 Å². The van der Waals surface area contributed by atoms with Gasteiger partial charge in [0.2, 0.25) is 0 Å². The van der Waals surface area contributed by atoms with E-state index in [2.05, 4.69) is 33.0 Å². The van der Waals surface area contributed by atoms with Crippen molar-refractivity contribution in [3.8, 4) is 0 Å². The van der Waals surface area contributed by atoms with Crippen LogP contribution in [0, 0.1) is 10.8 Å². The molecule has 1 N–H and O–H groups in total. The Morgan fingerprint density at radius 2 is 1.94 bits per heavy atom. The summed E-state index contributed by atoms with van der Waals surface area (Å²) in [5.74, 6) is 0.968. The summed E-state index contributed by atoms with van der Waals surface area (Å²) in [6.07, 6.45) is 2.90. The summed E-state index contributed by atoms with van der Waals surface area (Å²) in [5.41, 5.74) is -0.0498. The van der Waals surface area contributed by atoms with Gasteiger partial charge in [-0.15, -0.1) is 0 Å². The molecule has 1 unspecified atom stereocenters. The lowest BCUT2D eigenvalue weighted by Gasteiger charge is -2.46. The lowest BCUT2D eigenvalue weighted by atomic mass is 9.63. The third-order valence-electron chi connectivity index (χ3n) is 4.26. The van der Waals surface area contributed by atoms with E-state index in [0.717, 1.165) is 30.3 Å². The van der Waals surface area contributed by atoms with Gasteiger partial charge < -0.3 is 10.1 Å². The molecule has 0 aromatic carbocycles. The van der Waals surface area contributed by atoms with E-state index in [0.29, 0.717) is 5.03 Å². The number of rotatable bonds is 2. The van der Waals surface area contributed by atoms with E-state index in [-0.39, 0.29) is 16.9 Å². The minimum atomic E-state index is -0.113. The molecule has 0 spiro atoms. The molecule has 0 bridgehead atoms. The summed E-state index contributed by atoms with van der Waals surface area (Å²) < 4.78 is 6.11. The van der Waals surface area contributed by atoms with Gasteiger partial charge in [0.25, 0.3) is 0 Å². The molecule has 1 aliphatic carbocycles. The predicted molar refractivity (Wildman–Crippen MR) is 76.7 cm³/mol. The van der Waals surface area contributed by atoms with E-state index in [9.17, 15) is 0 Å². The van der Waals surface area contributed by atoms with E-state index >= 15 is 0 Å². The minimum absolute atomic E-state index is 0.0632. The van der Waals surface area contributed by atoms with Crippen LogP contribution in [0.25, 0.3) is 0 Å². The van der Waals surface area contributed by atoms with Gasteiger partial charge in [-0.05, 0) is 17.9 Å². The second-order valence-corrected chi connectivity index (χ2v) is 7.28. The van der Waals surface area contributed by atoms with Crippen molar-refractivity contribution in [3.63, 3.8) is 0 Å². The van der Waals surface area contributed by atoms with Crippen LogP contribution >= 0.6 is 23.2 Å². The Kier molecular flexibility index (Phi) is 3.74. The number of allylic oxidation sites excluding steroid dienone is 4. The molecule has 0 amide bonds. The average Bonchev–Trinajstić information content (AvgIpc) is 2.17. The Balaban J connectivity index is 2.31. The fourth-order valence-corrected chi connectivity index (χ4v) is 2.65. The molecule has 2 aliphatic rings. The molecule has 1 aliphatic heterocycles. The fourth-order valence-electron chi connectivity index (χ4n) is 2.16. The number of halogens is 2. The van der Waals surface area contributed by atoms with Gasteiger partial charge in [-0.2, -0.15) is 0 Å². The molecule has 18 heavy (non-hydrogen) atoms. The highest BCUT2D eigenvalue weighted by molar-refractivity contribution is 6.40. The zero-order chi connectivity index (χ0) is 13.6. The Hall–Kier alpha value is -0.180. The molecular weight excluding hydrogens is 269 g/mol. The third-order valence-corrected chi connectivity index (χ3v) is 5.03. The molecule has 4 heteroatoms. The van der Waals surface area contributed by atoms with Gasteiger partial charge in [-0.25, -0.2) is 0 Å². The highest BCUT2D eigenvalue weighted by atomic mass is 35.5. The molecule has 1 heterocycles. The van der Waals surface area contributed by atoms with Crippen molar-refractivity contribution in [3.05, 3.63) is 21.9 Å². The molecule has 2 nitrogen and oxygen atoms in total. The quantitative estimate of drug-likeness (QED) is 0.830. The van der Waals surface area contributed by atoms with Crippen molar-refractivity contribution in [2.45, 2.75) is 40.2 Å². The van der Waals surface area contributed by atoms with Crippen molar-refractivity contribution < 1.29 is 4.74 Å². The molecule has 0 aromatic rings. The van der Waals surface area contributed by atoms with Gasteiger partial charge >= 0.3 is 0 Å². The monoisotopic (exact) mass is 289 g/mol. The van der Waals surface area contributed by atoms with Crippen molar-refractivity contribution in [2.24, 2.45) is 10.8 Å². The zero-order valence-electron chi connectivity index (χ0n) is 11.4. The summed E-state index contributed by atoms with van der Waals surface area (Å²) in [6, 6.07) is 0. The van der Waals surface area contributed by atoms with E-state index in [1.165, 1.54) is 0 Å². The van der Waals surface area contributed by atoms with Crippen LogP contribution < -0.4 is 5.32 Å². The Morgan fingerprint density at radius 3 is 2.39 bits per heavy atom. The maximum absolute atomic E-state index is 6.24. The van der Waals surface area contributed by atoms with Crippen LogP contribution in [-0.2, 0) is 4.74 Å². The summed E-state index contributed by atoms with van der Waals surface area (Å²) in [5, 5.41) is 4.56. The molecule has 0 aromatic heterocycles. The standard InChI is InChI=1S/C14H21Cl2NO/c1-13(2,3)14(4)6-11(16)10(15)5-12(14)18-9-7-17-8-9/h5,9,17H,6-8H2,1-4H3. The van der Waals surface area contributed by atoms with Crippen molar-refractivity contribution in [1.82, 2.24) is 5.32 Å². The van der Waals surface area contributed by atoms with Gasteiger partial charge in [0.05, 0.1) is 5.03 Å². The van der Waals surface area contributed by atoms with Gasteiger partial charge in [-0.3, -0.25) is 0 Å². The maximum Gasteiger partial charge on any atom is 0.123 e. The normalized spacial score (nSPS) is 30.0. The smallest absolute Gasteiger partial charge is 0.123 e. The largest absolute Gasteiger partial charge is 0.491 e. The Bertz CT molecular complexity index is 405. The van der Waals surface area contributed by atoms with E-state index in [1.807, 2.05) is 6.08 Å². The summed E-state index contributed by atoms with van der Waals surface area (Å²) in [7, 11) is 0. The zero-order valence-corrected chi connectivity index (χ0v) is 13.0. The number of hydrogen-bond donors (Lipinski definition) is 1. The lowest BCUT2D eigenvalue weighted by Crippen LogP contribution is -2.50. The van der Waals surface area contributed by atoms with Crippen LogP contribution in [0.15, 0.2) is 21.9 Å². The lowest BCUT2D eigenvalue weighted by molar-refractivity contribution is -0.00442. The highest BCUT2D eigenvalue weighted by Gasteiger charge is 2.45. The molecular formula is C14H21Cl2NO. The van der Waals surface area contributed by atoms with E-state index in [4.69, 9.17) is 27.9 Å². The predicted octanol–water partition coefficient (Wildman–Crippen LogP) is 4.00. The van der Waals surface area contributed by atoms with Crippen LogP contribution in [0.3, 0.4) is 0 Å². The van der Waals surface area contributed by atoms with Gasteiger partial charge in [0.15, 0.2) is 0 Å². The van der Waals surface area contributed by atoms with Gasteiger partial charge in [0.1, 0.15) is 11.9 Å². The molecule has 1 saturated heterocycles. The van der Waals surface area contributed by atoms with E-state index in [1.54, 1.807) is 0 Å². The highest BCUT2D eigenvalue weighted by Crippen LogP contribution is 2.53. The second-order valence-electron chi connectivity index (χ2n) is 6.42. The minimum Gasteiger partial charge on any atom is -0.491 e. The van der Waals surface area contributed by atoms with Crippen molar-refractivity contribution in [2.75, 3.05) is 13.1 Å². The summed E-state index contributed by atoms with van der Waals surface area (Å²) in [4.78, 5) is 0. The van der Waals surface area contributed by atoms with Crippen LogP contribution in [-0.4, -0.2) is 19.2 Å². The fraction of sp³-hybridized carbons (Fsp3) is 0.714. The number of nitrogens with one attached hydrogen (secondary N) is 1. The van der Waals surface area contributed by atoms with Crippen LogP contribution in [0.1, 0.15) is 34.1 Å². The second kappa shape index (κ2) is 4.73. The summed E-state index contributed by atoms with van der Waals surface area (Å²) >= 11 is 12.4. The third kappa shape index (κ3) is 2.43. The first-order chi connectivity index (χ1) is 8.24. The molecule has 0 saturated carbocycles. The number of ether oxygens (including phenoxy) is 1. The number of hydrogen-bond acceptors (Lipinski definition) is 2. The Labute approximate surface area is 119 Å². The van der Waals surface area contributed by atoms with Crippen LogP contribution in [0.4, 0.5) is 0 Å². The maximum atomic E-state index is 6.24. The first-order valence-electron chi connectivity index (χ1n) is 6.38. The van der Waals surface area contributed by atoms with Gasteiger partial charge in [0, 0.05) is 23.5 Å². The first-order valence-corrected chi connectivity index (χ1v) is 7.13. The van der Waals surface area contributed by atoms with Gasteiger partial charge in [-0.1, -0.05) is 50.9 Å². The molecule has 1 atom stereocenters. The SMILES string of the molecule is CC(C)(C)C1(C)CC(Cl)=C(Cl)C=C1OC1CNC1. The summed E-state index contributed by atoms with van der Waals surface area (Å²) in [6.45, 7) is 10.7. The molecule has 1 fully saturated rings.